The van der Waals surface area contributed by atoms with Crippen LogP contribution in [0.2, 0.25) is 0 Å². The Bertz CT molecular complexity index is 636. The molecule has 0 fully saturated rings. The Morgan fingerprint density at radius 2 is 1.67 bits per heavy atom. The Morgan fingerprint density at radius 3 is 2.25 bits per heavy atom. The SMILES string of the molecule is COc1ccc(CNC(=O)CSCc2ccc(C(C)C)cc2)cc1. The van der Waals surface area contributed by atoms with E-state index in [0.29, 0.717) is 18.2 Å². The Morgan fingerprint density at radius 1 is 1.04 bits per heavy atom. The molecule has 0 spiro atoms. The van der Waals surface area contributed by atoms with Crippen LogP contribution < -0.4 is 10.1 Å². The molecule has 2 rings (SSSR count). The summed E-state index contributed by atoms with van der Waals surface area (Å²) in [6.07, 6.45) is 0. The number of ether oxygens (including phenoxy) is 1. The van der Waals surface area contributed by atoms with Crippen LogP contribution in [-0.2, 0) is 17.1 Å². The predicted molar refractivity (Wildman–Crippen MR) is 102 cm³/mol. The molecule has 0 heterocycles. The molecule has 0 aliphatic heterocycles. The minimum absolute atomic E-state index is 0.0645. The van der Waals surface area contributed by atoms with Gasteiger partial charge >= 0.3 is 0 Å². The Hall–Kier alpha value is -1.94. The summed E-state index contributed by atoms with van der Waals surface area (Å²) in [4.78, 5) is 11.9. The van der Waals surface area contributed by atoms with Crippen molar-refractivity contribution in [3.63, 3.8) is 0 Å². The van der Waals surface area contributed by atoms with Gasteiger partial charge in [0.2, 0.25) is 5.91 Å². The molecule has 0 atom stereocenters. The maximum absolute atomic E-state index is 11.9. The summed E-state index contributed by atoms with van der Waals surface area (Å²) in [5, 5.41) is 2.95. The molecule has 2 aromatic carbocycles. The van der Waals surface area contributed by atoms with Crippen molar-refractivity contribution in [3.05, 3.63) is 65.2 Å². The van der Waals surface area contributed by atoms with E-state index in [2.05, 4.69) is 43.4 Å². The molecule has 0 aromatic heterocycles. The lowest BCUT2D eigenvalue weighted by molar-refractivity contribution is -0.118. The fraction of sp³-hybridized carbons (Fsp3) is 0.350. The maximum Gasteiger partial charge on any atom is 0.230 e. The molecule has 128 valence electrons. The van der Waals surface area contributed by atoms with Gasteiger partial charge in [-0.1, -0.05) is 50.2 Å². The van der Waals surface area contributed by atoms with Crippen molar-refractivity contribution < 1.29 is 9.53 Å². The first-order chi connectivity index (χ1) is 11.6. The number of thioether (sulfide) groups is 1. The summed E-state index contributed by atoms with van der Waals surface area (Å²) in [7, 11) is 1.64. The third-order valence-corrected chi connectivity index (χ3v) is 4.80. The highest BCUT2D eigenvalue weighted by atomic mass is 32.2. The van der Waals surface area contributed by atoms with E-state index in [0.717, 1.165) is 17.1 Å². The molecule has 0 saturated carbocycles. The van der Waals surface area contributed by atoms with E-state index in [1.807, 2.05) is 24.3 Å². The molecule has 0 aliphatic carbocycles. The highest BCUT2D eigenvalue weighted by Gasteiger charge is 2.04. The fourth-order valence-corrected chi connectivity index (χ4v) is 3.07. The van der Waals surface area contributed by atoms with Crippen molar-refractivity contribution in [2.24, 2.45) is 0 Å². The number of methoxy groups -OCH3 is 1. The molecule has 0 unspecified atom stereocenters. The van der Waals surface area contributed by atoms with Crippen molar-refractivity contribution in [1.29, 1.82) is 0 Å². The zero-order valence-electron chi connectivity index (χ0n) is 14.5. The molecule has 1 N–H and O–H groups in total. The van der Waals surface area contributed by atoms with Crippen LogP contribution in [0.4, 0.5) is 0 Å². The minimum Gasteiger partial charge on any atom is -0.497 e. The van der Waals surface area contributed by atoms with Gasteiger partial charge in [0.25, 0.3) is 0 Å². The standard InChI is InChI=1S/C20H25NO2S/c1-15(2)18-8-4-17(5-9-18)13-24-14-20(22)21-12-16-6-10-19(23-3)11-7-16/h4-11,15H,12-14H2,1-3H3,(H,21,22). The number of nitrogens with one attached hydrogen (secondary N) is 1. The molecule has 3 nitrogen and oxygen atoms in total. The monoisotopic (exact) mass is 343 g/mol. The maximum atomic E-state index is 11.9. The van der Waals surface area contributed by atoms with Gasteiger partial charge in [-0.15, -0.1) is 11.8 Å². The van der Waals surface area contributed by atoms with Crippen molar-refractivity contribution in [1.82, 2.24) is 5.32 Å². The molecule has 0 saturated heterocycles. The van der Waals surface area contributed by atoms with E-state index in [-0.39, 0.29) is 5.91 Å². The van der Waals surface area contributed by atoms with Crippen LogP contribution in [0.1, 0.15) is 36.5 Å². The molecular weight excluding hydrogens is 318 g/mol. The lowest BCUT2D eigenvalue weighted by Gasteiger charge is -2.08. The Kier molecular flexibility index (Phi) is 7.19. The molecule has 2 aromatic rings. The van der Waals surface area contributed by atoms with E-state index in [1.165, 1.54) is 11.1 Å². The highest BCUT2D eigenvalue weighted by Crippen LogP contribution is 2.18. The van der Waals surface area contributed by atoms with Gasteiger partial charge in [-0.2, -0.15) is 0 Å². The molecule has 1 amide bonds. The summed E-state index contributed by atoms with van der Waals surface area (Å²) in [5.74, 6) is 2.77. The number of carbonyl (C=O) groups is 1. The predicted octanol–water partition coefficient (Wildman–Crippen LogP) is 4.37. The average molecular weight is 343 g/mol. The van der Waals surface area contributed by atoms with Crippen molar-refractivity contribution in [3.8, 4) is 5.75 Å². The Labute approximate surface area is 148 Å². The summed E-state index contributed by atoms with van der Waals surface area (Å²) < 4.78 is 5.12. The van der Waals surface area contributed by atoms with Crippen molar-refractivity contribution in [2.45, 2.75) is 32.1 Å². The van der Waals surface area contributed by atoms with Crippen molar-refractivity contribution in [2.75, 3.05) is 12.9 Å². The van der Waals surface area contributed by atoms with E-state index in [4.69, 9.17) is 4.74 Å². The van der Waals surface area contributed by atoms with Gasteiger partial charge in [-0.3, -0.25) is 4.79 Å². The summed E-state index contributed by atoms with van der Waals surface area (Å²) in [6.45, 7) is 4.93. The van der Waals surface area contributed by atoms with Gasteiger partial charge in [0.1, 0.15) is 5.75 Å². The third kappa shape index (κ3) is 5.93. The molecule has 24 heavy (non-hydrogen) atoms. The second kappa shape index (κ2) is 9.38. The molecular formula is C20H25NO2S. The zero-order chi connectivity index (χ0) is 17.4. The van der Waals surface area contributed by atoms with Crippen LogP contribution in [0.15, 0.2) is 48.5 Å². The lowest BCUT2D eigenvalue weighted by Crippen LogP contribution is -2.24. The van der Waals surface area contributed by atoms with Crippen molar-refractivity contribution >= 4 is 17.7 Å². The van der Waals surface area contributed by atoms with Crippen LogP contribution in [-0.4, -0.2) is 18.8 Å². The zero-order valence-corrected chi connectivity index (χ0v) is 15.4. The van der Waals surface area contributed by atoms with Crippen LogP contribution >= 0.6 is 11.8 Å². The van der Waals surface area contributed by atoms with Gasteiger partial charge < -0.3 is 10.1 Å². The second-order valence-corrected chi connectivity index (χ2v) is 7.00. The number of hydrogen-bond acceptors (Lipinski definition) is 3. The smallest absolute Gasteiger partial charge is 0.230 e. The van der Waals surface area contributed by atoms with E-state index < -0.39 is 0 Å². The van der Waals surface area contributed by atoms with Crippen LogP contribution in [0.5, 0.6) is 5.75 Å². The number of rotatable bonds is 8. The quantitative estimate of drug-likeness (QED) is 0.773. The molecule has 4 heteroatoms. The highest BCUT2D eigenvalue weighted by molar-refractivity contribution is 7.99. The van der Waals surface area contributed by atoms with Gasteiger partial charge in [0.05, 0.1) is 12.9 Å². The van der Waals surface area contributed by atoms with E-state index in [1.54, 1.807) is 18.9 Å². The topological polar surface area (TPSA) is 38.3 Å². The minimum atomic E-state index is 0.0645. The summed E-state index contributed by atoms with van der Waals surface area (Å²) >= 11 is 1.64. The summed E-state index contributed by atoms with van der Waals surface area (Å²) in [5.41, 5.74) is 3.67. The average Bonchev–Trinajstić information content (AvgIpc) is 2.61. The first-order valence-electron chi connectivity index (χ1n) is 8.14. The Balaban J connectivity index is 1.69. The third-order valence-electron chi connectivity index (χ3n) is 3.80. The molecule has 0 aliphatic rings. The van der Waals surface area contributed by atoms with Crippen LogP contribution in [0.25, 0.3) is 0 Å². The summed E-state index contributed by atoms with van der Waals surface area (Å²) in [6, 6.07) is 16.4. The number of carbonyl (C=O) groups excluding carboxylic acids is 1. The van der Waals surface area contributed by atoms with E-state index in [9.17, 15) is 4.79 Å². The largest absolute Gasteiger partial charge is 0.497 e. The van der Waals surface area contributed by atoms with E-state index >= 15 is 0 Å². The fourth-order valence-electron chi connectivity index (χ4n) is 2.26. The van der Waals surface area contributed by atoms with Gasteiger partial charge in [0.15, 0.2) is 0 Å². The van der Waals surface area contributed by atoms with Gasteiger partial charge in [-0.25, -0.2) is 0 Å². The first kappa shape index (κ1) is 18.4. The van der Waals surface area contributed by atoms with Gasteiger partial charge in [-0.05, 0) is 34.7 Å². The normalized spacial score (nSPS) is 10.7. The van der Waals surface area contributed by atoms with Crippen LogP contribution in [0.3, 0.4) is 0 Å². The number of benzene rings is 2. The van der Waals surface area contributed by atoms with Crippen LogP contribution in [0, 0.1) is 0 Å². The van der Waals surface area contributed by atoms with Gasteiger partial charge in [0, 0.05) is 12.3 Å². The molecule has 0 bridgehead atoms. The molecule has 0 radical (unpaired) electrons. The number of amides is 1. The number of hydrogen-bond donors (Lipinski definition) is 1. The first-order valence-corrected chi connectivity index (χ1v) is 9.30. The lowest BCUT2D eigenvalue weighted by atomic mass is 10.0. The second-order valence-electron chi connectivity index (χ2n) is 6.01.